The minimum absolute atomic E-state index is 0.0419. The molecule has 3 rings (SSSR count). The number of ether oxygens (including phenoxy) is 1. The highest BCUT2D eigenvalue weighted by atomic mass is 32.1. The summed E-state index contributed by atoms with van der Waals surface area (Å²) in [5.41, 5.74) is 2.17. The van der Waals surface area contributed by atoms with Crippen molar-refractivity contribution < 1.29 is 14.3 Å². The highest BCUT2D eigenvalue weighted by Crippen LogP contribution is 2.32. The Labute approximate surface area is 170 Å². The van der Waals surface area contributed by atoms with Crippen LogP contribution in [0.25, 0.3) is 11.1 Å². The molecule has 0 saturated carbocycles. The maximum absolute atomic E-state index is 12.9. The Morgan fingerprint density at radius 2 is 1.82 bits per heavy atom. The number of aryl methyl sites for hydroxylation is 1. The standard InChI is InChI=1S/C21H27N3O3S/c1-4-22-20(25)14-23-9-11-24(12-10-23)21(26)19-13-18(15(2)28-19)16-5-7-17(27-3)8-6-16/h5-8,13H,4,9-12,14H2,1-3H3,(H,22,25). The lowest BCUT2D eigenvalue weighted by Crippen LogP contribution is -2.51. The summed E-state index contributed by atoms with van der Waals surface area (Å²) < 4.78 is 5.22. The molecule has 2 amide bonds. The lowest BCUT2D eigenvalue weighted by Gasteiger charge is -2.34. The van der Waals surface area contributed by atoms with E-state index in [4.69, 9.17) is 4.74 Å². The van der Waals surface area contributed by atoms with E-state index in [1.807, 2.05) is 49.1 Å². The molecule has 150 valence electrons. The number of hydrogen-bond acceptors (Lipinski definition) is 5. The largest absolute Gasteiger partial charge is 0.497 e. The first-order chi connectivity index (χ1) is 13.5. The van der Waals surface area contributed by atoms with Crippen molar-refractivity contribution in [1.29, 1.82) is 0 Å². The zero-order chi connectivity index (χ0) is 20.1. The van der Waals surface area contributed by atoms with Crippen LogP contribution in [0.3, 0.4) is 0 Å². The van der Waals surface area contributed by atoms with E-state index in [-0.39, 0.29) is 11.8 Å². The van der Waals surface area contributed by atoms with Gasteiger partial charge in [0.15, 0.2) is 0 Å². The van der Waals surface area contributed by atoms with Crippen LogP contribution in [0.2, 0.25) is 0 Å². The van der Waals surface area contributed by atoms with Crippen LogP contribution >= 0.6 is 11.3 Å². The van der Waals surface area contributed by atoms with Gasteiger partial charge in [-0.05, 0) is 43.2 Å². The third kappa shape index (κ3) is 4.72. The van der Waals surface area contributed by atoms with Crippen molar-refractivity contribution in [2.45, 2.75) is 13.8 Å². The summed E-state index contributed by atoms with van der Waals surface area (Å²) in [6.07, 6.45) is 0. The number of rotatable bonds is 6. The molecule has 1 saturated heterocycles. The number of piperazine rings is 1. The van der Waals surface area contributed by atoms with Gasteiger partial charge in [-0.3, -0.25) is 14.5 Å². The van der Waals surface area contributed by atoms with Gasteiger partial charge in [0, 0.05) is 37.6 Å². The average Bonchev–Trinajstić information content (AvgIpc) is 3.10. The summed E-state index contributed by atoms with van der Waals surface area (Å²) in [5.74, 6) is 0.934. The number of thiophene rings is 1. The normalized spacial score (nSPS) is 14.8. The van der Waals surface area contributed by atoms with Crippen LogP contribution in [0, 0.1) is 6.92 Å². The molecule has 2 aromatic rings. The molecule has 1 aliphatic rings. The molecule has 1 aliphatic heterocycles. The fourth-order valence-electron chi connectivity index (χ4n) is 3.37. The summed E-state index contributed by atoms with van der Waals surface area (Å²) in [6, 6.07) is 9.89. The van der Waals surface area contributed by atoms with Gasteiger partial charge in [0.2, 0.25) is 5.91 Å². The molecule has 0 spiro atoms. The van der Waals surface area contributed by atoms with E-state index in [2.05, 4.69) is 10.2 Å². The molecule has 7 heteroatoms. The van der Waals surface area contributed by atoms with Crippen molar-refractivity contribution in [3.05, 3.63) is 40.1 Å². The molecule has 0 bridgehead atoms. The monoisotopic (exact) mass is 401 g/mol. The number of carbonyl (C=O) groups is 2. The third-order valence-corrected chi connectivity index (χ3v) is 5.97. The summed E-state index contributed by atoms with van der Waals surface area (Å²) in [7, 11) is 1.65. The first-order valence-corrected chi connectivity index (χ1v) is 10.4. The molecule has 28 heavy (non-hydrogen) atoms. The van der Waals surface area contributed by atoms with Crippen LogP contribution in [-0.4, -0.2) is 68.0 Å². The predicted molar refractivity (Wildman–Crippen MR) is 112 cm³/mol. The topological polar surface area (TPSA) is 61.9 Å². The molecule has 2 heterocycles. The Morgan fingerprint density at radius 3 is 2.43 bits per heavy atom. The van der Waals surface area contributed by atoms with E-state index in [0.717, 1.165) is 39.7 Å². The van der Waals surface area contributed by atoms with E-state index >= 15 is 0 Å². The Hall–Kier alpha value is -2.38. The molecule has 6 nitrogen and oxygen atoms in total. The number of nitrogens with zero attached hydrogens (tertiary/aromatic N) is 2. The van der Waals surface area contributed by atoms with Gasteiger partial charge in [-0.2, -0.15) is 0 Å². The van der Waals surface area contributed by atoms with Crippen LogP contribution in [-0.2, 0) is 4.79 Å². The first kappa shape index (κ1) is 20.4. The van der Waals surface area contributed by atoms with Crippen LogP contribution < -0.4 is 10.1 Å². The van der Waals surface area contributed by atoms with Gasteiger partial charge < -0.3 is 15.0 Å². The molecule has 1 N–H and O–H groups in total. The first-order valence-electron chi connectivity index (χ1n) is 9.55. The number of nitrogens with one attached hydrogen (secondary N) is 1. The van der Waals surface area contributed by atoms with E-state index in [9.17, 15) is 9.59 Å². The van der Waals surface area contributed by atoms with Crippen molar-refractivity contribution in [2.24, 2.45) is 0 Å². The van der Waals surface area contributed by atoms with Gasteiger partial charge in [-0.15, -0.1) is 11.3 Å². The molecule has 1 aromatic heterocycles. The molecular formula is C21H27N3O3S. The number of amides is 2. The maximum atomic E-state index is 12.9. The minimum atomic E-state index is 0.0419. The van der Waals surface area contributed by atoms with Crippen molar-refractivity contribution in [1.82, 2.24) is 15.1 Å². The molecule has 0 unspecified atom stereocenters. The second kappa shape index (κ2) is 9.21. The fourth-order valence-corrected chi connectivity index (χ4v) is 4.38. The second-order valence-corrected chi connectivity index (χ2v) is 8.09. The third-order valence-electron chi connectivity index (χ3n) is 4.93. The summed E-state index contributed by atoms with van der Waals surface area (Å²) >= 11 is 1.54. The Kier molecular flexibility index (Phi) is 6.70. The van der Waals surface area contributed by atoms with E-state index in [1.54, 1.807) is 7.11 Å². The summed E-state index contributed by atoms with van der Waals surface area (Å²) in [5, 5.41) is 2.82. The van der Waals surface area contributed by atoms with Gasteiger partial charge >= 0.3 is 0 Å². The average molecular weight is 402 g/mol. The summed E-state index contributed by atoms with van der Waals surface area (Å²) in [4.78, 5) is 30.5. The molecule has 1 aromatic carbocycles. The van der Waals surface area contributed by atoms with E-state index in [1.165, 1.54) is 11.3 Å². The number of methoxy groups -OCH3 is 1. The molecule has 1 fully saturated rings. The van der Waals surface area contributed by atoms with Crippen molar-refractivity contribution in [3.8, 4) is 16.9 Å². The number of hydrogen-bond donors (Lipinski definition) is 1. The number of benzene rings is 1. The summed E-state index contributed by atoms with van der Waals surface area (Å²) in [6.45, 7) is 7.74. The van der Waals surface area contributed by atoms with Gasteiger partial charge in [-0.25, -0.2) is 0 Å². The van der Waals surface area contributed by atoms with Crippen LogP contribution in [0.15, 0.2) is 30.3 Å². The lowest BCUT2D eigenvalue weighted by molar-refractivity contribution is -0.122. The zero-order valence-electron chi connectivity index (χ0n) is 16.7. The van der Waals surface area contributed by atoms with Crippen molar-refractivity contribution in [3.63, 3.8) is 0 Å². The lowest BCUT2D eigenvalue weighted by atomic mass is 10.1. The second-order valence-electron chi connectivity index (χ2n) is 6.83. The van der Waals surface area contributed by atoms with Crippen LogP contribution in [0.5, 0.6) is 5.75 Å². The Morgan fingerprint density at radius 1 is 1.14 bits per heavy atom. The van der Waals surface area contributed by atoms with E-state index in [0.29, 0.717) is 26.2 Å². The quantitative estimate of drug-likeness (QED) is 0.808. The van der Waals surface area contributed by atoms with E-state index < -0.39 is 0 Å². The molecule has 0 radical (unpaired) electrons. The SMILES string of the molecule is CCNC(=O)CN1CCN(C(=O)c2cc(-c3ccc(OC)cc3)c(C)s2)CC1. The van der Waals surface area contributed by atoms with Gasteiger partial charge in [0.1, 0.15) is 5.75 Å². The highest BCUT2D eigenvalue weighted by Gasteiger charge is 2.25. The molecule has 0 aliphatic carbocycles. The van der Waals surface area contributed by atoms with Crippen molar-refractivity contribution >= 4 is 23.2 Å². The Balaban J connectivity index is 1.63. The molecular weight excluding hydrogens is 374 g/mol. The predicted octanol–water partition coefficient (Wildman–Crippen LogP) is 2.63. The minimum Gasteiger partial charge on any atom is -0.497 e. The smallest absolute Gasteiger partial charge is 0.264 e. The van der Waals surface area contributed by atoms with Gasteiger partial charge in [-0.1, -0.05) is 12.1 Å². The van der Waals surface area contributed by atoms with Crippen LogP contribution in [0.4, 0.5) is 0 Å². The number of carbonyl (C=O) groups excluding carboxylic acids is 2. The Bertz CT molecular complexity index is 824. The van der Waals surface area contributed by atoms with Crippen molar-refractivity contribution in [2.75, 3.05) is 46.4 Å². The highest BCUT2D eigenvalue weighted by molar-refractivity contribution is 7.14. The zero-order valence-corrected chi connectivity index (χ0v) is 17.5. The molecule has 0 atom stereocenters. The maximum Gasteiger partial charge on any atom is 0.264 e. The van der Waals surface area contributed by atoms with Gasteiger partial charge in [0.05, 0.1) is 18.5 Å². The number of likely N-dealkylation sites (N-methyl/N-ethyl adjacent to an activating group) is 1. The van der Waals surface area contributed by atoms with Crippen LogP contribution in [0.1, 0.15) is 21.5 Å². The van der Waals surface area contributed by atoms with Gasteiger partial charge in [0.25, 0.3) is 5.91 Å². The fraction of sp³-hybridized carbons (Fsp3) is 0.429.